The van der Waals surface area contributed by atoms with Gasteiger partial charge in [0.1, 0.15) is 17.7 Å². The van der Waals surface area contributed by atoms with Crippen LogP contribution in [0.15, 0.2) is 42.5 Å². The highest BCUT2D eigenvalue weighted by molar-refractivity contribution is 5.38. The van der Waals surface area contributed by atoms with Gasteiger partial charge in [0.25, 0.3) is 0 Å². The second-order valence-corrected chi connectivity index (χ2v) is 4.76. The second-order valence-electron chi connectivity index (χ2n) is 4.76. The van der Waals surface area contributed by atoms with Gasteiger partial charge in [0.2, 0.25) is 0 Å². The number of ether oxygens (including phenoxy) is 1. The van der Waals surface area contributed by atoms with Crippen LogP contribution in [0.1, 0.15) is 29.2 Å². The molecule has 98 valence electrons. The van der Waals surface area contributed by atoms with E-state index < -0.39 is 0 Å². The first-order chi connectivity index (χ1) is 9.29. The number of rotatable bonds is 3. The molecule has 0 aromatic heterocycles. The molecule has 3 rings (SSSR count). The zero-order valence-corrected chi connectivity index (χ0v) is 10.6. The van der Waals surface area contributed by atoms with Gasteiger partial charge in [-0.05, 0) is 36.1 Å². The highest BCUT2D eigenvalue weighted by Crippen LogP contribution is 2.36. The maximum Gasteiger partial charge on any atom is 0.131 e. The summed E-state index contributed by atoms with van der Waals surface area (Å²) in [7, 11) is 0. The van der Waals surface area contributed by atoms with Crippen molar-refractivity contribution in [3.05, 3.63) is 65.0 Å². The summed E-state index contributed by atoms with van der Waals surface area (Å²) in [6.07, 6.45) is 1.94. The van der Waals surface area contributed by atoms with Gasteiger partial charge in [0.05, 0.1) is 0 Å². The van der Waals surface area contributed by atoms with Crippen molar-refractivity contribution in [1.29, 1.82) is 0 Å². The molecule has 2 nitrogen and oxygen atoms in total. The minimum atomic E-state index is -0.300. The average Bonchev–Trinajstić information content (AvgIpc) is 2.83. The molecule has 1 unspecified atom stereocenters. The quantitative estimate of drug-likeness (QED) is 0.915. The molecule has 0 heterocycles. The second kappa shape index (κ2) is 5.02. The standard InChI is InChI=1S/C16H16FNO/c17-14-6-3-7-15(13(14)10-18)19-16-9-8-11-4-1-2-5-12(11)16/h1-7,16H,8-10,18H2. The van der Waals surface area contributed by atoms with E-state index >= 15 is 0 Å². The number of benzene rings is 2. The molecule has 2 N–H and O–H groups in total. The van der Waals surface area contributed by atoms with Crippen molar-refractivity contribution in [2.75, 3.05) is 0 Å². The lowest BCUT2D eigenvalue weighted by atomic mass is 10.1. The number of aryl methyl sites for hydroxylation is 1. The van der Waals surface area contributed by atoms with Crippen LogP contribution in [0.2, 0.25) is 0 Å². The number of fused-ring (bicyclic) bond motifs is 1. The van der Waals surface area contributed by atoms with Crippen LogP contribution in [0, 0.1) is 5.82 Å². The Bertz CT molecular complexity index is 597. The fraction of sp³-hybridized carbons (Fsp3) is 0.250. The van der Waals surface area contributed by atoms with Crippen LogP contribution in [0.25, 0.3) is 0 Å². The Morgan fingerprint density at radius 3 is 2.84 bits per heavy atom. The molecule has 0 saturated carbocycles. The molecule has 3 heteroatoms. The van der Waals surface area contributed by atoms with Gasteiger partial charge >= 0.3 is 0 Å². The molecule has 0 fully saturated rings. The molecule has 0 saturated heterocycles. The fourth-order valence-corrected chi connectivity index (χ4v) is 2.64. The van der Waals surface area contributed by atoms with Crippen LogP contribution in [-0.2, 0) is 13.0 Å². The van der Waals surface area contributed by atoms with E-state index in [2.05, 4.69) is 12.1 Å². The summed E-state index contributed by atoms with van der Waals surface area (Å²) in [5.41, 5.74) is 8.57. The van der Waals surface area contributed by atoms with Crippen LogP contribution in [0.3, 0.4) is 0 Å². The molecular weight excluding hydrogens is 241 g/mol. The fourth-order valence-electron chi connectivity index (χ4n) is 2.64. The smallest absolute Gasteiger partial charge is 0.131 e. The van der Waals surface area contributed by atoms with E-state index in [1.54, 1.807) is 12.1 Å². The Balaban J connectivity index is 1.90. The summed E-state index contributed by atoms with van der Waals surface area (Å²) in [4.78, 5) is 0. The number of hydrogen-bond acceptors (Lipinski definition) is 2. The molecule has 0 aliphatic heterocycles. The van der Waals surface area contributed by atoms with Crippen molar-refractivity contribution in [2.45, 2.75) is 25.5 Å². The molecule has 0 amide bonds. The lowest BCUT2D eigenvalue weighted by Gasteiger charge is -2.17. The first-order valence-corrected chi connectivity index (χ1v) is 6.51. The van der Waals surface area contributed by atoms with Gasteiger partial charge in [0, 0.05) is 12.1 Å². The number of hydrogen-bond donors (Lipinski definition) is 1. The van der Waals surface area contributed by atoms with Crippen molar-refractivity contribution in [3.8, 4) is 5.75 Å². The van der Waals surface area contributed by atoms with Gasteiger partial charge in [0.15, 0.2) is 0 Å². The number of halogens is 1. The molecule has 1 atom stereocenters. The Labute approximate surface area is 112 Å². The summed E-state index contributed by atoms with van der Waals surface area (Å²) < 4.78 is 19.6. The lowest BCUT2D eigenvalue weighted by molar-refractivity contribution is 0.204. The van der Waals surface area contributed by atoms with Crippen molar-refractivity contribution >= 4 is 0 Å². The van der Waals surface area contributed by atoms with E-state index in [1.165, 1.54) is 17.2 Å². The maximum absolute atomic E-state index is 13.7. The minimum absolute atomic E-state index is 0.00306. The van der Waals surface area contributed by atoms with Crippen LogP contribution in [-0.4, -0.2) is 0 Å². The highest BCUT2D eigenvalue weighted by atomic mass is 19.1. The van der Waals surface area contributed by atoms with E-state index in [-0.39, 0.29) is 18.5 Å². The zero-order chi connectivity index (χ0) is 13.2. The Morgan fingerprint density at radius 2 is 2.00 bits per heavy atom. The Morgan fingerprint density at radius 1 is 1.16 bits per heavy atom. The Hall–Kier alpha value is -1.87. The third-order valence-corrected chi connectivity index (χ3v) is 3.63. The molecular formula is C16H16FNO. The van der Waals surface area contributed by atoms with Gasteiger partial charge in [-0.1, -0.05) is 30.3 Å². The first kappa shape index (κ1) is 12.2. The third kappa shape index (κ3) is 2.22. The summed E-state index contributed by atoms with van der Waals surface area (Å²) in [5, 5.41) is 0. The molecule has 2 aromatic carbocycles. The van der Waals surface area contributed by atoms with Crippen molar-refractivity contribution in [1.82, 2.24) is 0 Å². The summed E-state index contributed by atoms with van der Waals surface area (Å²) in [6.45, 7) is 0.149. The van der Waals surface area contributed by atoms with Gasteiger partial charge in [-0.3, -0.25) is 0 Å². The molecule has 19 heavy (non-hydrogen) atoms. The van der Waals surface area contributed by atoms with E-state index in [4.69, 9.17) is 10.5 Å². The van der Waals surface area contributed by atoms with Gasteiger partial charge < -0.3 is 10.5 Å². The molecule has 1 aliphatic rings. The minimum Gasteiger partial charge on any atom is -0.485 e. The van der Waals surface area contributed by atoms with Crippen LogP contribution in [0.5, 0.6) is 5.75 Å². The molecule has 0 bridgehead atoms. The van der Waals surface area contributed by atoms with Crippen LogP contribution in [0.4, 0.5) is 4.39 Å². The van der Waals surface area contributed by atoms with Crippen LogP contribution >= 0.6 is 0 Å². The van der Waals surface area contributed by atoms with Gasteiger partial charge in [-0.15, -0.1) is 0 Å². The van der Waals surface area contributed by atoms with Crippen LogP contribution < -0.4 is 10.5 Å². The molecule has 0 radical (unpaired) electrons. The average molecular weight is 257 g/mol. The van der Waals surface area contributed by atoms with E-state index in [9.17, 15) is 4.39 Å². The van der Waals surface area contributed by atoms with Gasteiger partial charge in [-0.25, -0.2) is 4.39 Å². The van der Waals surface area contributed by atoms with E-state index in [0.29, 0.717) is 11.3 Å². The highest BCUT2D eigenvalue weighted by Gasteiger charge is 2.24. The SMILES string of the molecule is NCc1c(F)cccc1OC1CCc2ccccc21. The maximum atomic E-state index is 13.7. The van der Waals surface area contributed by atoms with Crippen molar-refractivity contribution < 1.29 is 9.13 Å². The number of nitrogens with two attached hydrogens (primary N) is 1. The van der Waals surface area contributed by atoms with Gasteiger partial charge in [-0.2, -0.15) is 0 Å². The summed E-state index contributed by atoms with van der Waals surface area (Å²) >= 11 is 0. The van der Waals surface area contributed by atoms with Crippen molar-refractivity contribution in [2.24, 2.45) is 5.73 Å². The largest absolute Gasteiger partial charge is 0.485 e. The molecule has 1 aliphatic carbocycles. The topological polar surface area (TPSA) is 35.2 Å². The summed E-state index contributed by atoms with van der Waals surface area (Å²) in [5.74, 6) is 0.260. The lowest BCUT2D eigenvalue weighted by Crippen LogP contribution is -2.08. The molecule has 2 aromatic rings. The first-order valence-electron chi connectivity index (χ1n) is 6.51. The van der Waals surface area contributed by atoms with E-state index in [0.717, 1.165) is 12.8 Å². The normalized spacial score (nSPS) is 17.3. The Kier molecular flexibility index (Phi) is 3.22. The zero-order valence-electron chi connectivity index (χ0n) is 10.6. The molecule has 0 spiro atoms. The van der Waals surface area contributed by atoms with E-state index in [1.807, 2.05) is 12.1 Å². The third-order valence-electron chi connectivity index (χ3n) is 3.63. The predicted octanol–water partition coefficient (Wildman–Crippen LogP) is 3.35. The monoisotopic (exact) mass is 257 g/mol. The predicted molar refractivity (Wildman–Crippen MR) is 72.4 cm³/mol. The van der Waals surface area contributed by atoms with Crippen molar-refractivity contribution in [3.63, 3.8) is 0 Å². The summed E-state index contributed by atoms with van der Waals surface area (Å²) in [6, 6.07) is 13.1.